The van der Waals surface area contributed by atoms with Crippen molar-refractivity contribution in [1.29, 1.82) is 0 Å². The number of aryl methyl sites for hydroxylation is 1. The van der Waals surface area contributed by atoms with Crippen molar-refractivity contribution in [3.8, 4) is 0 Å². The molecule has 0 atom stereocenters. The SMILES string of the molecule is C[n+]1cccc2scnc21. The first-order valence-corrected chi connectivity index (χ1v) is 3.94. The minimum atomic E-state index is 1.06. The van der Waals surface area contributed by atoms with Crippen LogP contribution in [0.15, 0.2) is 23.8 Å². The normalized spacial score (nSPS) is 10.5. The maximum absolute atomic E-state index is 4.20. The minimum absolute atomic E-state index is 1.06. The summed E-state index contributed by atoms with van der Waals surface area (Å²) in [5.41, 5.74) is 2.93. The summed E-state index contributed by atoms with van der Waals surface area (Å²) in [5, 5.41) is 0. The van der Waals surface area contributed by atoms with E-state index in [9.17, 15) is 0 Å². The first-order chi connectivity index (χ1) is 4.88. The molecule has 0 amide bonds. The lowest BCUT2D eigenvalue weighted by Crippen LogP contribution is -2.27. The second kappa shape index (κ2) is 2.02. The van der Waals surface area contributed by atoms with Gasteiger partial charge in [0.2, 0.25) is 0 Å². The van der Waals surface area contributed by atoms with Gasteiger partial charge in [-0.1, -0.05) is 11.3 Å². The minimum Gasteiger partial charge on any atom is -0.232 e. The van der Waals surface area contributed by atoms with Crippen LogP contribution in [0.3, 0.4) is 0 Å². The van der Waals surface area contributed by atoms with Crippen molar-refractivity contribution in [2.45, 2.75) is 0 Å². The molecule has 0 saturated carbocycles. The van der Waals surface area contributed by atoms with Gasteiger partial charge in [-0.2, -0.15) is 0 Å². The lowest BCUT2D eigenvalue weighted by molar-refractivity contribution is -0.646. The van der Waals surface area contributed by atoms with E-state index in [1.54, 1.807) is 11.3 Å². The molecular weight excluding hydrogens is 144 g/mol. The van der Waals surface area contributed by atoms with Crippen LogP contribution in [0, 0.1) is 0 Å². The Kier molecular flexibility index (Phi) is 1.17. The predicted molar refractivity (Wildman–Crippen MR) is 40.8 cm³/mol. The predicted octanol–water partition coefficient (Wildman–Crippen LogP) is 1.12. The summed E-state index contributed by atoms with van der Waals surface area (Å²) >= 11 is 1.67. The van der Waals surface area contributed by atoms with Crippen molar-refractivity contribution in [2.24, 2.45) is 7.05 Å². The summed E-state index contributed by atoms with van der Waals surface area (Å²) < 4.78 is 3.26. The van der Waals surface area contributed by atoms with Crippen molar-refractivity contribution < 1.29 is 4.57 Å². The Morgan fingerprint density at radius 1 is 1.60 bits per heavy atom. The molecule has 2 nitrogen and oxygen atoms in total. The number of nitrogens with zero attached hydrogens (tertiary/aromatic N) is 2. The van der Waals surface area contributed by atoms with E-state index < -0.39 is 0 Å². The number of fused-ring (bicyclic) bond motifs is 1. The maximum Gasteiger partial charge on any atom is 0.341 e. The topological polar surface area (TPSA) is 16.8 Å². The molecule has 0 aromatic carbocycles. The number of thiazole rings is 1. The van der Waals surface area contributed by atoms with Crippen LogP contribution in [0.1, 0.15) is 0 Å². The fourth-order valence-electron chi connectivity index (χ4n) is 0.958. The molecule has 2 rings (SSSR count). The third kappa shape index (κ3) is 0.708. The van der Waals surface area contributed by atoms with E-state index in [1.165, 1.54) is 4.70 Å². The third-order valence-electron chi connectivity index (χ3n) is 1.47. The molecule has 0 radical (unpaired) electrons. The van der Waals surface area contributed by atoms with Crippen LogP contribution in [0.2, 0.25) is 0 Å². The zero-order valence-electron chi connectivity index (χ0n) is 5.61. The Labute approximate surface area is 62.8 Å². The first kappa shape index (κ1) is 5.80. The van der Waals surface area contributed by atoms with Gasteiger partial charge >= 0.3 is 5.65 Å². The number of pyridine rings is 1. The number of rotatable bonds is 0. The molecule has 0 N–H and O–H groups in total. The van der Waals surface area contributed by atoms with Gasteiger partial charge < -0.3 is 0 Å². The Balaban J connectivity index is 2.95. The van der Waals surface area contributed by atoms with Crippen molar-refractivity contribution in [2.75, 3.05) is 0 Å². The Bertz CT molecular complexity index is 353. The molecule has 0 aliphatic carbocycles. The standard InChI is InChI=1S/C7H7N2S/c1-9-4-2-3-6-7(9)8-5-10-6/h2-5H,1H3/q+1. The second-order valence-corrected chi connectivity index (χ2v) is 3.05. The van der Waals surface area contributed by atoms with E-state index in [4.69, 9.17) is 0 Å². The van der Waals surface area contributed by atoms with Crippen LogP contribution in [0.4, 0.5) is 0 Å². The van der Waals surface area contributed by atoms with Crippen LogP contribution in [0.25, 0.3) is 10.3 Å². The quantitative estimate of drug-likeness (QED) is 0.515. The number of hydrogen-bond acceptors (Lipinski definition) is 2. The van der Waals surface area contributed by atoms with Gasteiger partial charge in [-0.15, -0.1) is 0 Å². The second-order valence-electron chi connectivity index (χ2n) is 2.16. The average Bonchev–Trinajstić information content (AvgIpc) is 2.36. The highest BCUT2D eigenvalue weighted by Crippen LogP contribution is 2.11. The highest BCUT2D eigenvalue weighted by Gasteiger charge is 2.05. The van der Waals surface area contributed by atoms with Crippen LogP contribution in [-0.2, 0) is 7.05 Å². The lowest BCUT2D eigenvalue weighted by Gasteiger charge is -1.86. The van der Waals surface area contributed by atoms with Gasteiger partial charge in [0.05, 0.1) is 13.2 Å². The van der Waals surface area contributed by atoms with Crippen LogP contribution in [0.5, 0.6) is 0 Å². The zero-order valence-corrected chi connectivity index (χ0v) is 6.43. The number of aromatic nitrogens is 2. The largest absolute Gasteiger partial charge is 0.341 e. The van der Waals surface area contributed by atoms with Crippen LogP contribution < -0.4 is 4.57 Å². The highest BCUT2D eigenvalue weighted by atomic mass is 32.1. The lowest BCUT2D eigenvalue weighted by atomic mass is 10.5. The Morgan fingerprint density at radius 3 is 3.30 bits per heavy atom. The molecule has 0 bridgehead atoms. The van der Waals surface area contributed by atoms with E-state index in [1.807, 2.05) is 29.4 Å². The van der Waals surface area contributed by atoms with Gasteiger partial charge in [-0.05, 0) is 17.1 Å². The molecule has 0 saturated heterocycles. The molecule has 0 aliphatic heterocycles. The smallest absolute Gasteiger partial charge is 0.232 e. The molecule has 0 unspecified atom stereocenters. The molecule has 2 aromatic rings. The van der Waals surface area contributed by atoms with E-state index in [0.717, 1.165) is 5.65 Å². The van der Waals surface area contributed by atoms with Crippen molar-refractivity contribution in [3.63, 3.8) is 0 Å². The van der Waals surface area contributed by atoms with Crippen molar-refractivity contribution >= 4 is 21.7 Å². The summed E-state index contributed by atoms with van der Waals surface area (Å²) in [6, 6.07) is 4.10. The molecule has 0 fully saturated rings. The van der Waals surface area contributed by atoms with Gasteiger partial charge in [0, 0.05) is 0 Å². The molecule has 0 spiro atoms. The Hall–Kier alpha value is -0.960. The fourth-order valence-corrected chi connectivity index (χ4v) is 1.68. The fraction of sp³-hybridized carbons (Fsp3) is 0.143. The van der Waals surface area contributed by atoms with Gasteiger partial charge in [0.1, 0.15) is 4.70 Å². The number of hydrogen-bond donors (Lipinski definition) is 0. The van der Waals surface area contributed by atoms with Gasteiger partial charge in [-0.3, -0.25) is 0 Å². The Morgan fingerprint density at radius 2 is 2.50 bits per heavy atom. The molecule has 2 aromatic heterocycles. The summed E-state index contributed by atoms with van der Waals surface area (Å²) in [6.07, 6.45) is 2.00. The monoisotopic (exact) mass is 151 g/mol. The molecule has 3 heteroatoms. The average molecular weight is 151 g/mol. The first-order valence-electron chi connectivity index (χ1n) is 3.06. The van der Waals surface area contributed by atoms with Gasteiger partial charge in [0.15, 0.2) is 5.51 Å². The maximum atomic E-state index is 4.20. The molecular formula is C7H7N2S+. The van der Waals surface area contributed by atoms with Crippen LogP contribution in [-0.4, -0.2) is 4.98 Å². The van der Waals surface area contributed by atoms with Gasteiger partial charge in [-0.25, -0.2) is 4.57 Å². The molecule has 0 aliphatic rings. The van der Waals surface area contributed by atoms with Crippen molar-refractivity contribution in [1.82, 2.24) is 4.98 Å². The zero-order chi connectivity index (χ0) is 6.97. The van der Waals surface area contributed by atoms with Crippen LogP contribution >= 0.6 is 11.3 Å². The highest BCUT2D eigenvalue weighted by molar-refractivity contribution is 7.16. The molecule has 2 heterocycles. The summed E-state index contributed by atoms with van der Waals surface area (Å²) in [6.45, 7) is 0. The van der Waals surface area contributed by atoms with E-state index in [2.05, 4.69) is 11.1 Å². The van der Waals surface area contributed by atoms with E-state index >= 15 is 0 Å². The van der Waals surface area contributed by atoms with Gasteiger partial charge in [0.25, 0.3) is 0 Å². The third-order valence-corrected chi connectivity index (χ3v) is 2.25. The van der Waals surface area contributed by atoms with E-state index in [-0.39, 0.29) is 0 Å². The molecule has 10 heavy (non-hydrogen) atoms. The summed E-state index contributed by atoms with van der Waals surface area (Å²) in [7, 11) is 2.00. The summed E-state index contributed by atoms with van der Waals surface area (Å²) in [4.78, 5) is 4.20. The summed E-state index contributed by atoms with van der Waals surface area (Å²) in [5.74, 6) is 0. The molecule has 50 valence electrons. The van der Waals surface area contributed by atoms with Crippen molar-refractivity contribution in [3.05, 3.63) is 23.8 Å². The van der Waals surface area contributed by atoms with E-state index in [0.29, 0.717) is 0 Å².